The zero-order valence-electron chi connectivity index (χ0n) is 10.5. The van der Waals surface area contributed by atoms with Crippen molar-refractivity contribution in [3.05, 3.63) is 57.2 Å². The first-order valence-electron chi connectivity index (χ1n) is 5.74. The summed E-state index contributed by atoms with van der Waals surface area (Å²) < 4.78 is 0. The summed E-state index contributed by atoms with van der Waals surface area (Å²) in [4.78, 5) is 13.2. The second-order valence-electron chi connectivity index (χ2n) is 4.17. The SMILES string of the molecule is C[C@@H](Cc1cccs1)NC(=O)c1cccc(Cl)c1.S. The first kappa shape index (κ1) is 16.1. The van der Waals surface area contributed by atoms with E-state index in [9.17, 15) is 4.79 Å². The molecule has 1 atom stereocenters. The topological polar surface area (TPSA) is 29.1 Å². The van der Waals surface area contributed by atoms with Crippen molar-refractivity contribution in [3.8, 4) is 0 Å². The molecule has 1 aromatic heterocycles. The van der Waals surface area contributed by atoms with Gasteiger partial charge in [0.1, 0.15) is 0 Å². The summed E-state index contributed by atoms with van der Waals surface area (Å²) in [5, 5.41) is 5.59. The second-order valence-corrected chi connectivity index (χ2v) is 5.64. The van der Waals surface area contributed by atoms with Crippen molar-refractivity contribution in [2.75, 3.05) is 0 Å². The predicted molar refractivity (Wildman–Crippen MR) is 86.8 cm³/mol. The lowest BCUT2D eigenvalue weighted by molar-refractivity contribution is 0.0940. The van der Waals surface area contributed by atoms with Crippen molar-refractivity contribution in [2.24, 2.45) is 0 Å². The highest BCUT2D eigenvalue weighted by Crippen LogP contribution is 2.13. The number of thiophene rings is 1. The summed E-state index contributed by atoms with van der Waals surface area (Å²) in [6.45, 7) is 2.00. The molecular weight excluding hydrogens is 298 g/mol. The van der Waals surface area contributed by atoms with Gasteiger partial charge in [0, 0.05) is 27.9 Å². The number of carbonyl (C=O) groups excluding carboxylic acids is 1. The molecule has 0 aliphatic heterocycles. The number of carbonyl (C=O) groups is 1. The van der Waals surface area contributed by atoms with E-state index in [0.717, 1.165) is 6.42 Å². The van der Waals surface area contributed by atoms with Crippen molar-refractivity contribution < 1.29 is 4.79 Å². The van der Waals surface area contributed by atoms with E-state index in [4.69, 9.17) is 11.6 Å². The molecule has 19 heavy (non-hydrogen) atoms. The molecule has 1 N–H and O–H groups in total. The van der Waals surface area contributed by atoms with Crippen LogP contribution in [0.5, 0.6) is 0 Å². The summed E-state index contributed by atoms with van der Waals surface area (Å²) >= 11 is 7.57. The molecule has 0 spiro atoms. The third kappa shape index (κ3) is 4.90. The van der Waals surface area contributed by atoms with E-state index in [1.54, 1.807) is 35.6 Å². The van der Waals surface area contributed by atoms with Crippen molar-refractivity contribution in [1.29, 1.82) is 0 Å². The van der Waals surface area contributed by atoms with Crippen LogP contribution in [-0.4, -0.2) is 11.9 Å². The molecule has 0 saturated heterocycles. The van der Waals surface area contributed by atoms with Crippen LogP contribution in [0.3, 0.4) is 0 Å². The summed E-state index contributed by atoms with van der Waals surface area (Å²) in [6.07, 6.45) is 0.851. The Labute approximate surface area is 129 Å². The molecule has 0 saturated carbocycles. The molecule has 2 aromatic rings. The highest BCUT2D eigenvalue weighted by atomic mass is 35.5. The first-order chi connectivity index (χ1) is 8.65. The molecule has 1 heterocycles. The summed E-state index contributed by atoms with van der Waals surface area (Å²) in [6, 6.07) is 11.2. The van der Waals surface area contributed by atoms with Crippen molar-refractivity contribution in [2.45, 2.75) is 19.4 Å². The van der Waals surface area contributed by atoms with Gasteiger partial charge < -0.3 is 5.32 Å². The van der Waals surface area contributed by atoms with Crippen LogP contribution < -0.4 is 5.32 Å². The zero-order chi connectivity index (χ0) is 13.0. The van der Waals surface area contributed by atoms with Crippen LogP contribution in [0.2, 0.25) is 5.02 Å². The van der Waals surface area contributed by atoms with Gasteiger partial charge in [-0.1, -0.05) is 23.7 Å². The molecule has 0 fully saturated rings. The third-order valence-electron chi connectivity index (χ3n) is 2.55. The van der Waals surface area contributed by atoms with E-state index in [1.807, 2.05) is 18.4 Å². The molecule has 2 nitrogen and oxygen atoms in total. The molecule has 0 bridgehead atoms. The van der Waals surface area contributed by atoms with Crippen molar-refractivity contribution in [1.82, 2.24) is 5.32 Å². The van der Waals surface area contributed by atoms with E-state index in [0.29, 0.717) is 10.6 Å². The van der Waals surface area contributed by atoms with Crippen LogP contribution in [0.25, 0.3) is 0 Å². The highest BCUT2D eigenvalue weighted by Gasteiger charge is 2.10. The van der Waals surface area contributed by atoms with Gasteiger partial charge in [0.2, 0.25) is 0 Å². The minimum atomic E-state index is -0.0819. The number of hydrogen-bond donors (Lipinski definition) is 1. The number of benzene rings is 1. The smallest absolute Gasteiger partial charge is 0.251 e. The van der Waals surface area contributed by atoms with Gasteiger partial charge in [-0.05, 0) is 36.6 Å². The second kappa shape index (κ2) is 7.58. The fourth-order valence-corrected chi connectivity index (χ4v) is 2.74. The Morgan fingerprint density at radius 2 is 2.16 bits per heavy atom. The van der Waals surface area contributed by atoms with Crippen LogP contribution in [-0.2, 0) is 6.42 Å². The van der Waals surface area contributed by atoms with Crippen LogP contribution in [0.1, 0.15) is 22.2 Å². The van der Waals surface area contributed by atoms with Gasteiger partial charge in [-0.3, -0.25) is 4.79 Å². The average Bonchev–Trinajstić information content (AvgIpc) is 2.81. The monoisotopic (exact) mass is 313 g/mol. The van der Waals surface area contributed by atoms with Gasteiger partial charge in [0.05, 0.1) is 0 Å². The molecule has 0 radical (unpaired) electrons. The van der Waals surface area contributed by atoms with Crippen molar-refractivity contribution >= 4 is 42.3 Å². The van der Waals surface area contributed by atoms with Gasteiger partial charge >= 0.3 is 0 Å². The Balaban J connectivity index is 0.00000180. The van der Waals surface area contributed by atoms with E-state index >= 15 is 0 Å². The lowest BCUT2D eigenvalue weighted by atomic mass is 10.1. The summed E-state index contributed by atoms with van der Waals surface area (Å²) in [7, 11) is 0. The maximum Gasteiger partial charge on any atom is 0.251 e. The molecule has 0 aliphatic rings. The predicted octanol–water partition coefficient (Wildman–Crippen LogP) is 3.88. The molecule has 5 heteroatoms. The Morgan fingerprint density at radius 3 is 2.79 bits per heavy atom. The fraction of sp³-hybridized carbons (Fsp3) is 0.214. The number of halogens is 1. The number of nitrogens with one attached hydrogen (secondary N) is 1. The van der Waals surface area contributed by atoms with E-state index in [-0.39, 0.29) is 25.4 Å². The Kier molecular flexibility index (Phi) is 6.42. The molecule has 1 aromatic carbocycles. The van der Waals surface area contributed by atoms with E-state index in [2.05, 4.69) is 11.4 Å². The maximum atomic E-state index is 12.0. The third-order valence-corrected chi connectivity index (χ3v) is 3.69. The van der Waals surface area contributed by atoms with Gasteiger partial charge in [0.15, 0.2) is 0 Å². The van der Waals surface area contributed by atoms with Gasteiger partial charge in [-0.15, -0.1) is 11.3 Å². The fourth-order valence-electron chi connectivity index (χ4n) is 1.72. The Morgan fingerprint density at radius 1 is 1.37 bits per heavy atom. The van der Waals surface area contributed by atoms with Crippen LogP contribution >= 0.6 is 36.4 Å². The molecular formula is C14H16ClNOS2. The average molecular weight is 314 g/mol. The lowest BCUT2D eigenvalue weighted by Gasteiger charge is -2.13. The Bertz CT molecular complexity index is 528. The van der Waals surface area contributed by atoms with Gasteiger partial charge in [-0.25, -0.2) is 0 Å². The minimum Gasteiger partial charge on any atom is -0.349 e. The van der Waals surface area contributed by atoms with Crippen LogP contribution in [0, 0.1) is 0 Å². The number of rotatable bonds is 4. The lowest BCUT2D eigenvalue weighted by Crippen LogP contribution is -2.33. The molecule has 102 valence electrons. The molecule has 1 amide bonds. The van der Waals surface area contributed by atoms with Crippen LogP contribution in [0.15, 0.2) is 41.8 Å². The number of hydrogen-bond acceptors (Lipinski definition) is 2. The summed E-state index contributed by atoms with van der Waals surface area (Å²) in [5.74, 6) is -0.0819. The Hall–Kier alpha value is -0.970. The normalized spacial score (nSPS) is 11.5. The standard InChI is InChI=1S/C14H14ClNOS.H2S/c1-10(8-13-6-3-7-18-13)16-14(17)11-4-2-5-12(15)9-11;/h2-7,9-10H,8H2,1H3,(H,16,17);1H2/t10-;/m0./s1. The molecule has 0 unspecified atom stereocenters. The molecule has 2 rings (SSSR count). The maximum absolute atomic E-state index is 12.0. The van der Waals surface area contributed by atoms with E-state index in [1.165, 1.54) is 4.88 Å². The number of amides is 1. The summed E-state index contributed by atoms with van der Waals surface area (Å²) in [5.41, 5.74) is 0.598. The zero-order valence-corrected chi connectivity index (χ0v) is 13.1. The van der Waals surface area contributed by atoms with Gasteiger partial charge in [0.25, 0.3) is 5.91 Å². The minimum absolute atomic E-state index is 0. The van der Waals surface area contributed by atoms with Gasteiger partial charge in [-0.2, -0.15) is 13.5 Å². The quantitative estimate of drug-likeness (QED) is 0.912. The largest absolute Gasteiger partial charge is 0.349 e. The van der Waals surface area contributed by atoms with E-state index < -0.39 is 0 Å². The van der Waals surface area contributed by atoms with Crippen LogP contribution in [0.4, 0.5) is 0 Å². The highest BCUT2D eigenvalue weighted by molar-refractivity contribution is 7.59. The molecule has 0 aliphatic carbocycles. The van der Waals surface area contributed by atoms with Crippen molar-refractivity contribution in [3.63, 3.8) is 0 Å². The first-order valence-corrected chi connectivity index (χ1v) is 7.00.